The van der Waals surface area contributed by atoms with Crippen LogP contribution < -0.4 is 19.6 Å². The molecule has 320 valence electrons. The maximum Gasteiger partial charge on any atom is 0.0487 e. The van der Waals surface area contributed by atoms with Gasteiger partial charge in [-0.2, -0.15) is 0 Å². The van der Waals surface area contributed by atoms with Crippen LogP contribution in [-0.2, 0) is 0 Å². The summed E-state index contributed by atoms with van der Waals surface area (Å²) in [6.45, 7) is 0. The highest BCUT2D eigenvalue weighted by molar-refractivity contribution is 5.84. The van der Waals surface area contributed by atoms with E-state index in [1.807, 2.05) is 12.1 Å². The Hall–Kier alpha value is -8.60. The first-order valence-corrected chi connectivity index (χ1v) is 22.4. The Labute approximate surface area is 390 Å². The molecule has 0 saturated carbocycles. The standard InChI is InChI=1S/2C31H26N2/c1-32(31-20-12-11-19-30(31)25-13-5-2-6-14-25)26-21-23-29(24-22-26)33(27-15-7-3-8-16-27)28-17-9-4-10-18-28;1-32(31-19-11-14-26(24-31)25-12-5-2-6-13-25)27-20-22-30(23-21-27)33(28-15-7-3-8-16-28)29-17-9-4-10-18-29/h2*2-24H,1H3. The van der Waals surface area contributed by atoms with Crippen LogP contribution in [0.3, 0.4) is 0 Å². The number of nitrogens with zero attached hydrogens (tertiary/aromatic N) is 4. The zero-order valence-electron chi connectivity index (χ0n) is 37.3. The van der Waals surface area contributed by atoms with Crippen molar-refractivity contribution >= 4 is 56.9 Å². The van der Waals surface area contributed by atoms with Gasteiger partial charge < -0.3 is 19.6 Å². The monoisotopic (exact) mass is 852 g/mol. The van der Waals surface area contributed by atoms with Gasteiger partial charge in [0, 0.05) is 76.5 Å². The predicted molar refractivity (Wildman–Crippen MR) is 282 cm³/mol. The van der Waals surface area contributed by atoms with Gasteiger partial charge in [-0.05, 0) is 132 Å². The van der Waals surface area contributed by atoms with Crippen molar-refractivity contribution in [2.75, 3.05) is 33.7 Å². The Morgan fingerprint density at radius 2 is 0.515 bits per heavy atom. The van der Waals surface area contributed by atoms with Crippen LogP contribution in [0.4, 0.5) is 56.9 Å². The summed E-state index contributed by atoms with van der Waals surface area (Å²) in [5.74, 6) is 0. The van der Waals surface area contributed by atoms with Gasteiger partial charge in [0.2, 0.25) is 0 Å². The van der Waals surface area contributed by atoms with Gasteiger partial charge >= 0.3 is 0 Å². The highest BCUT2D eigenvalue weighted by Crippen LogP contribution is 2.39. The molecule has 0 atom stereocenters. The molecule has 66 heavy (non-hydrogen) atoms. The minimum absolute atomic E-state index is 1.13. The van der Waals surface area contributed by atoms with Gasteiger partial charge in [0.25, 0.3) is 0 Å². The number of para-hydroxylation sites is 5. The van der Waals surface area contributed by atoms with Crippen LogP contribution in [0.15, 0.2) is 279 Å². The summed E-state index contributed by atoms with van der Waals surface area (Å²) in [7, 11) is 4.24. The maximum atomic E-state index is 2.28. The number of anilines is 10. The number of rotatable bonds is 12. The molecule has 0 aromatic heterocycles. The van der Waals surface area contributed by atoms with Crippen LogP contribution in [0, 0.1) is 0 Å². The lowest BCUT2D eigenvalue weighted by Crippen LogP contribution is -2.12. The van der Waals surface area contributed by atoms with Gasteiger partial charge in [-0.15, -0.1) is 0 Å². The second kappa shape index (κ2) is 20.7. The van der Waals surface area contributed by atoms with Crippen molar-refractivity contribution < 1.29 is 0 Å². The molecule has 0 radical (unpaired) electrons. The lowest BCUT2D eigenvalue weighted by molar-refractivity contribution is 1.20. The molecule has 10 aromatic carbocycles. The molecule has 0 amide bonds. The van der Waals surface area contributed by atoms with Crippen LogP contribution in [0.1, 0.15) is 0 Å². The van der Waals surface area contributed by atoms with Crippen molar-refractivity contribution in [3.8, 4) is 22.3 Å². The van der Waals surface area contributed by atoms with Gasteiger partial charge in [0.1, 0.15) is 0 Å². The zero-order chi connectivity index (χ0) is 44.9. The quantitative estimate of drug-likeness (QED) is 0.121. The summed E-state index contributed by atoms with van der Waals surface area (Å²) >= 11 is 0. The minimum atomic E-state index is 1.13. The number of benzene rings is 10. The Balaban J connectivity index is 0.000000166. The number of hydrogen-bond acceptors (Lipinski definition) is 4. The Morgan fingerprint density at radius 3 is 0.955 bits per heavy atom. The molecular weight excluding hydrogens is 801 g/mol. The SMILES string of the molecule is CN(c1ccc(N(c2ccccc2)c2ccccc2)cc1)c1cccc(-c2ccccc2)c1.CN(c1ccc(N(c2ccccc2)c2ccccc2)cc1)c1ccccc1-c1ccccc1. The van der Waals surface area contributed by atoms with Gasteiger partial charge in [0.05, 0.1) is 0 Å². The first-order valence-electron chi connectivity index (χ1n) is 22.4. The predicted octanol–water partition coefficient (Wildman–Crippen LogP) is 17.2. The molecule has 0 bridgehead atoms. The molecular formula is C62H52N4. The van der Waals surface area contributed by atoms with Gasteiger partial charge in [-0.25, -0.2) is 0 Å². The fraction of sp³-hybridized carbons (Fsp3) is 0.0323. The summed E-state index contributed by atoms with van der Waals surface area (Å²) in [5, 5.41) is 0. The average Bonchev–Trinajstić information content (AvgIpc) is 3.41. The molecule has 0 aliphatic heterocycles. The van der Waals surface area contributed by atoms with E-state index in [0.29, 0.717) is 0 Å². The van der Waals surface area contributed by atoms with E-state index < -0.39 is 0 Å². The molecule has 4 heteroatoms. The van der Waals surface area contributed by atoms with E-state index in [1.165, 1.54) is 27.9 Å². The van der Waals surface area contributed by atoms with Crippen molar-refractivity contribution in [2.45, 2.75) is 0 Å². The second-order valence-electron chi connectivity index (χ2n) is 16.0. The largest absolute Gasteiger partial charge is 0.345 e. The molecule has 10 rings (SSSR count). The third kappa shape index (κ3) is 9.94. The smallest absolute Gasteiger partial charge is 0.0487 e. The summed E-state index contributed by atoms with van der Waals surface area (Å²) in [4.78, 5) is 9.04. The molecule has 0 aliphatic rings. The van der Waals surface area contributed by atoms with Crippen LogP contribution in [-0.4, -0.2) is 14.1 Å². The lowest BCUT2D eigenvalue weighted by atomic mass is 10.0. The van der Waals surface area contributed by atoms with E-state index in [1.54, 1.807) is 0 Å². The van der Waals surface area contributed by atoms with Gasteiger partial charge in [-0.1, -0.05) is 164 Å². The molecule has 0 unspecified atom stereocenters. The Morgan fingerprint density at radius 1 is 0.212 bits per heavy atom. The molecule has 0 spiro atoms. The fourth-order valence-corrected chi connectivity index (χ4v) is 8.29. The van der Waals surface area contributed by atoms with E-state index >= 15 is 0 Å². The van der Waals surface area contributed by atoms with Gasteiger partial charge in [-0.3, -0.25) is 0 Å². The van der Waals surface area contributed by atoms with E-state index in [0.717, 1.165) is 51.2 Å². The molecule has 0 fully saturated rings. The van der Waals surface area contributed by atoms with Crippen molar-refractivity contribution in [2.24, 2.45) is 0 Å². The summed E-state index contributed by atoms with van der Waals surface area (Å²) in [6, 6.07) is 97.7. The van der Waals surface area contributed by atoms with Crippen LogP contribution >= 0.6 is 0 Å². The lowest BCUT2D eigenvalue weighted by Gasteiger charge is -2.27. The van der Waals surface area contributed by atoms with Crippen molar-refractivity contribution in [3.63, 3.8) is 0 Å². The maximum absolute atomic E-state index is 2.28. The van der Waals surface area contributed by atoms with Crippen molar-refractivity contribution in [1.29, 1.82) is 0 Å². The van der Waals surface area contributed by atoms with Crippen LogP contribution in [0.2, 0.25) is 0 Å². The van der Waals surface area contributed by atoms with Crippen LogP contribution in [0.25, 0.3) is 22.3 Å². The minimum Gasteiger partial charge on any atom is -0.345 e. The summed E-state index contributed by atoms with van der Waals surface area (Å²) in [6.07, 6.45) is 0. The first kappa shape index (κ1) is 42.7. The summed E-state index contributed by atoms with van der Waals surface area (Å²) in [5.41, 5.74) is 16.3. The van der Waals surface area contributed by atoms with E-state index in [9.17, 15) is 0 Å². The van der Waals surface area contributed by atoms with Crippen molar-refractivity contribution in [1.82, 2.24) is 0 Å². The third-order valence-corrected chi connectivity index (χ3v) is 11.7. The summed E-state index contributed by atoms with van der Waals surface area (Å²) < 4.78 is 0. The Kier molecular flexibility index (Phi) is 13.4. The normalized spacial score (nSPS) is 10.6. The van der Waals surface area contributed by atoms with E-state index in [2.05, 4.69) is 301 Å². The topological polar surface area (TPSA) is 13.0 Å². The molecule has 0 saturated heterocycles. The molecule has 0 aliphatic carbocycles. The zero-order valence-corrected chi connectivity index (χ0v) is 37.3. The highest BCUT2D eigenvalue weighted by atomic mass is 15.2. The second-order valence-corrected chi connectivity index (χ2v) is 16.0. The molecule has 0 N–H and O–H groups in total. The third-order valence-electron chi connectivity index (χ3n) is 11.7. The van der Waals surface area contributed by atoms with Crippen LogP contribution in [0.5, 0.6) is 0 Å². The highest BCUT2D eigenvalue weighted by Gasteiger charge is 2.16. The number of hydrogen-bond donors (Lipinski definition) is 0. The molecule has 4 nitrogen and oxygen atoms in total. The average molecular weight is 853 g/mol. The van der Waals surface area contributed by atoms with E-state index in [-0.39, 0.29) is 0 Å². The molecule has 10 aromatic rings. The molecule has 0 heterocycles. The Bertz CT molecular complexity index is 2940. The van der Waals surface area contributed by atoms with E-state index in [4.69, 9.17) is 0 Å². The first-order chi connectivity index (χ1) is 32.6. The van der Waals surface area contributed by atoms with Crippen molar-refractivity contribution in [3.05, 3.63) is 279 Å². The van der Waals surface area contributed by atoms with Gasteiger partial charge in [0.15, 0.2) is 0 Å². The fourth-order valence-electron chi connectivity index (χ4n) is 8.29.